The maximum Gasteiger partial charge on any atom is 0.306 e. The van der Waals surface area contributed by atoms with Crippen molar-refractivity contribution in [3.05, 3.63) is 40.4 Å². The van der Waals surface area contributed by atoms with Gasteiger partial charge in [0.25, 0.3) is 0 Å². The summed E-state index contributed by atoms with van der Waals surface area (Å²) in [6.07, 6.45) is 1.04. The van der Waals surface area contributed by atoms with E-state index in [1.54, 1.807) is 11.8 Å². The summed E-state index contributed by atoms with van der Waals surface area (Å²) in [6, 6.07) is 5.68. The molecule has 1 aromatic carbocycles. The number of carbonyl (C=O) groups excluding carboxylic acids is 1. The van der Waals surface area contributed by atoms with Crippen LogP contribution in [0.3, 0.4) is 0 Å². The van der Waals surface area contributed by atoms with Crippen molar-refractivity contribution in [2.45, 2.75) is 26.4 Å². The molecule has 2 heterocycles. The Kier molecular flexibility index (Phi) is 4.63. The molecule has 1 fully saturated rings. The molecular weight excluding hydrogens is 318 g/mol. The minimum atomic E-state index is -0.155. The minimum absolute atomic E-state index is 0.125. The number of esters is 1. The lowest BCUT2D eigenvalue weighted by Crippen LogP contribution is -2.11. The van der Waals surface area contributed by atoms with Gasteiger partial charge in [0.15, 0.2) is 5.82 Å². The SMILES string of the molecule is COCc1nc(CC2COC(=O)C2)n(-c2cccc(Cl)c2C)n1. The molecular formula is C16H18ClN3O3. The van der Waals surface area contributed by atoms with Crippen LogP contribution >= 0.6 is 11.6 Å². The van der Waals surface area contributed by atoms with E-state index >= 15 is 0 Å². The zero-order valence-corrected chi connectivity index (χ0v) is 13.8. The standard InChI is InChI=1S/C16H18ClN3O3/c1-10-12(17)4-3-5-13(10)20-15(18-14(19-20)9-22-2)6-11-7-16(21)23-8-11/h3-5,11H,6-9H2,1-2H3. The smallest absolute Gasteiger partial charge is 0.306 e. The van der Waals surface area contributed by atoms with Crippen molar-refractivity contribution in [3.8, 4) is 5.69 Å². The van der Waals surface area contributed by atoms with Crippen LogP contribution in [0.15, 0.2) is 18.2 Å². The van der Waals surface area contributed by atoms with E-state index in [-0.39, 0.29) is 11.9 Å². The number of aromatic nitrogens is 3. The van der Waals surface area contributed by atoms with E-state index in [2.05, 4.69) is 10.1 Å². The van der Waals surface area contributed by atoms with E-state index in [1.807, 2.05) is 25.1 Å². The van der Waals surface area contributed by atoms with E-state index in [1.165, 1.54) is 0 Å². The Balaban J connectivity index is 1.97. The van der Waals surface area contributed by atoms with Gasteiger partial charge in [-0.05, 0) is 24.6 Å². The molecule has 3 rings (SSSR count). The highest BCUT2D eigenvalue weighted by Gasteiger charge is 2.26. The number of ether oxygens (including phenoxy) is 2. The maximum absolute atomic E-state index is 11.3. The molecule has 0 radical (unpaired) electrons. The quantitative estimate of drug-likeness (QED) is 0.785. The van der Waals surface area contributed by atoms with Gasteiger partial charge in [0.05, 0.1) is 18.7 Å². The summed E-state index contributed by atoms with van der Waals surface area (Å²) in [5, 5.41) is 5.21. The van der Waals surface area contributed by atoms with Crippen LogP contribution in [-0.2, 0) is 27.3 Å². The van der Waals surface area contributed by atoms with E-state index < -0.39 is 0 Å². The number of hydrogen-bond donors (Lipinski definition) is 0. The number of cyclic esters (lactones) is 1. The Hall–Kier alpha value is -1.92. The second-order valence-electron chi connectivity index (χ2n) is 5.63. The molecule has 1 aliphatic heterocycles. The normalized spacial score (nSPS) is 17.5. The third kappa shape index (κ3) is 3.38. The van der Waals surface area contributed by atoms with Crippen LogP contribution in [0.25, 0.3) is 5.69 Å². The monoisotopic (exact) mass is 335 g/mol. The second-order valence-corrected chi connectivity index (χ2v) is 6.04. The third-order valence-electron chi connectivity index (χ3n) is 3.87. The number of nitrogens with zero attached hydrogens (tertiary/aromatic N) is 3. The fourth-order valence-electron chi connectivity index (χ4n) is 2.69. The molecule has 7 heteroatoms. The van der Waals surface area contributed by atoms with Crippen LogP contribution in [0, 0.1) is 12.8 Å². The predicted octanol–water partition coefficient (Wildman–Crippen LogP) is 2.48. The summed E-state index contributed by atoms with van der Waals surface area (Å²) in [6.45, 7) is 2.71. The fraction of sp³-hybridized carbons (Fsp3) is 0.438. The first-order valence-electron chi connectivity index (χ1n) is 7.43. The number of rotatable bonds is 5. The van der Waals surface area contributed by atoms with E-state index in [4.69, 9.17) is 21.1 Å². The predicted molar refractivity (Wildman–Crippen MR) is 84.6 cm³/mol. The number of carbonyl (C=O) groups is 1. The van der Waals surface area contributed by atoms with Crippen molar-refractivity contribution in [3.63, 3.8) is 0 Å². The molecule has 0 spiro atoms. The van der Waals surface area contributed by atoms with Gasteiger partial charge in [-0.2, -0.15) is 0 Å². The summed E-state index contributed by atoms with van der Waals surface area (Å²) in [7, 11) is 1.61. The summed E-state index contributed by atoms with van der Waals surface area (Å²) >= 11 is 6.22. The van der Waals surface area contributed by atoms with E-state index in [0.29, 0.717) is 36.9 Å². The molecule has 6 nitrogen and oxygen atoms in total. The van der Waals surface area contributed by atoms with Crippen molar-refractivity contribution in [2.75, 3.05) is 13.7 Å². The highest BCUT2D eigenvalue weighted by atomic mass is 35.5. The molecule has 122 valence electrons. The lowest BCUT2D eigenvalue weighted by atomic mass is 10.0. The lowest BCUT2D eigenvalue weighted by molar-refractivity contribution is -0.137. The lowest BCUT2D eigenvalue weighted by Gasteiger charge is -2.11. The van der Waals surface area contributed by atoms with Gasteiger partial charge in [-0.15, -0.1) is 5.10 Å². The molecule has 0 aliphatic carbocycles. The van der Waals surface area contributed by atoms with Crippen LogP contribution < -0.4 is 0 Å². The first-order chi connectivity index (χ1) is 11.1. The van der Waals surface area contributed by atoms with Gasteiger partial charge in [-0.3, -0.25) is 4.79 Å². The van der Waals surface area contributed by atoms with Crippen molar-refractivity contribution in [1.29, 1.82) is 0 Å². The topological polar surface area (TPSA) is 66.2 Å². The first-order valence-corrected chi connectivity index (χ1v) is 7.81. The number of benzene rings is 1. The average molecular weight is 336 g/mol. The van der Waals surface area contributed by atoms with Gasteiger partial charge in [0, 0.05) is 24.5 Å². The zero-order valence-electron chi connectivity index (χ0n) is 13.1. The molecule has 1 aliphatic rings. The molecule has 1 aromatic heterocycles. The number of halogens is 1. The van der Waals surface area contributed by atoms with E-state index in [9.17, 15) is 4.79 Å². The van der Waals surface area contributed by atoms with Crippen LogP contribution in [0.5, 0.6) is 0 Å². The van der Waals surface area contributed by atoms with Crippen LogP contribution in [0.2, 0.25) is 5.02 Å². The summed E-state index contributed by atoms with van der Waals surface area (Å²) in [4.78, 5) is 15.9. The second kappa shape index (κ2) is 6.68. The number of hydrogen-bond acceptors (Lipinski definition) is 5. The maximum atomic E-state index is 11.3. The highest BCUT2D eigenvalue weighted by Crippen LogP contribution is 2.25. The van der Waals surface area contributed by atoms with Gasteiger partial charge >= 0.3 is 5.97 Å². The van der Waals surface area contributed by atoms with Gasteiger partial charge in [0.1, 0.15) is 12.4 Å². The average Bonchev–Trinajstić information content (AvgIpc) is 3.09. The Labute approximate surface area is 139 Å². The van der Waals surface area contributed by atoms with Gasteiger partial charge < -0.3 is 9.47 Å². The van der Waals surface area contributed by atoms with E-state index in [0.717, 1.165) is 17.1 Å². The molecule has 23 heavy (non-hydrogen) atoms. The Morgan fingerprint density at radius 3 is 3.00 bits per heavy atom. The Morgan fingerprint density at radius 2 is 2.30 bits per heavy atom. The van der Waals surface area contributed by atoms with Gasteiger partial charge in [-0.1, -0.05) is 17.7 Å². The van der Waals surface area contributed by atoms with Gasteiger partial charge in [0.2, 0.25) is 0 Å². The number of methoxy groups -OCH3 is 1. The Morgan fingerprint density at radius 1 is 1.48 bits per heavy atom. The van der Waals surface area contributed by atoms with Crippen LogP contribution in [-0.4, -0.2) is 34.5 Å². The van der Waals surface area contributed by atoms with Crippen molar-refractivity contribution in [2.24, 2.45) is 5.92 Å². The minimum Gasteiger partial charge on any atom is -0.465 e. The first kappa shape index (κ1) is 16.0. The highest BCUT2D eigenvalue weighted by molar-refractivity contribution is 6.31. The van der Waals surface area contributed by atoms with Crippen molar-refractivity contribution in [1.82, 2.24) is 14.8 Å². The molecule has 2 aromatic rings. The van der Waals surface area contributed by atoms with Crippen molar-refractivity contribution < 1.29 is 14.3 Å². The largest absolute Gasteiger partial charge is 0.465 e. The Bertz CT molecular complexity index is 729. The summed E-state index contributed by atoms with van der Waals surface area (Å²) < 4.78 is 12.0. The molecule has 1 unspecified atom stereocenters. The molecule has 0 amide bonds. The molecule has 1 saturated heterocycles. The molecule has 1 atom stereocenters. The van der Waals surface area contributed by atoms with Crippen LogP contribution in [0.4, 0.5) is 0 Å². The summed E-state index contributed by atoms with van der Waals surface area (Å²) in [5.41, 5.74) is 1.82. The van der Waals surface area contributed by atoms with Crippen LogP contribution in [0.1, 0.15) is 23.6 Å². The molecule has 0 N–H and O–H groups in total. The molecule has 0 bridgehead atoms. The van der Waals surface area contributed by atoms with Crippen molar-refractivity contribution >= 4 is 17.6 Å². The summed E-state index contributed by atoms with van der Waals surface area (Å²) in [5.74, 6) is 1.36. The van der Waals surface area contributed by atoms with Gasteiger partial charge in [-0.25, -0.2) is 9.67 Å². The molecule has 0 saturated carbocycles. The zero-order chi connectivity index (χ0) is 16.4. The third-order valence-corrected chi connectivity index (χ3v) is 4.27. The fourth-order valence-corrected chi connectivity index (χ4v) is 2.86.